The molecule has 0 atom stereocenters. The first-order valence-corrected chi connectivity index (χ1v) is 6.27. The molecular weight excluding hydrogens is 313 g/mol. The van der Waals surface area contributed by atoms with E-state index in [1.807, 2.05) is 0 Å². The fourth-order valence-electron chi connectivity index (χ4n) is 1.35. The molecule has 0 aliphatic rings. The van der Waals surface area contributed by atoms with E-state index in [4.69, 9.17) is 21.4 Å². The Labute approximate surface area is 120 Å². The van der Waals surface area contributed by atoms with Crippen molar-refractivity contribution < 1.29 is 24.0 Å². The fourth-order valence-corrected chi connectivity index (χ4v) is 2.15. The second kappa shape index (κ2) is 5.43. The Bertz CT molecular complexity index is 702. The van der Waals surface area contributed by atoms with Crippen LogP contribution in [-0.4, -0.2) is 16.0 Å². The maximum Gasteiger partial charge on any atom is 0.346 e. The number of nitrogens with zero attached hydrogens (tertiary/aromatic N) is 1. The van der Waals surface area contributed by atoms with E-state index < -0.39 is 22.4 Å². The van der Waals surface area contributed by atoms with Crippen LogP contribution in [0.25, 0.3) is 0 Å². The van der Waals surface area contributed by atoms with Gasteiger partial charge in [-0.25, -0.2) is 9.18 Å². The Kier molecular flexibility index (Phi) is 3.86. The highest BCUT2D eigenvalue weighted by atomic mass is 35.5. The number of hydrogen-bond donors (Lipinski definition) is 1. The van der Waals surface area contributed by atoms with Crippen molar-refractivity contribution in [2.24, 2.45) is 0 Å². The SMILES string of the molecule is O=C(O)c1cc(Oc2cc(Cl)c(F)cc2[N+](=O)[O-])cs1. The van der Waals surface area contributed by atoms with E-state index in [9.17, 15) is 19.3 Å². The van der Waals surface area contributed by atoms with Gasteiger partial charge in [0.1, 0.15) is 16.4 Å². The van der Waals surface area contributed by atoms with Crippen molar-refractivity contribution >= 4 is 34.6 Å². The van der Waals surface area contributed by atoms with E-state index in [-0.39, 0.29) is 21.4 Å². The first-order chi connectivity index (χ1) is 9.38. The zero-order chi connectivity index (χ0) is 14.9. The van der Waals surface area contributed by atoms with Gasteiger partial charge < -0.3 is 9.84 Å². The molecule has 6 nitrogen and oxygen atoms in total. The number of ether oxygens (including phenoxy) is 1. The lowest BCUT2D eigenvalue weighted by Gasteiger charge is -2.05. The number of rotatable bonds is 4. The second-order valence-electron chi connectivity index (χ2n) is 3.55. The van der Waals surface area contributed by atoms with Crippen LogP contribution in [0.2, 0.25) is 5.02 Å². The lowest BCUT2D eigenvalue weighted by molar-refractivity contribution is -0.385. The molecule has 0 aliphatic carbocycles. The normalized spacial score (nSPS) is 10.3. The topological polar surface area (TPSA) is 89.7 Å². The molecule has 1 heterocycles. The van der Waals surface area contributed by atoms with Crippen LogP contribution in [-0.2, 0) is 0 Å². The Morgan fingerprint density at radius 2 is 2.15 bits per heavy atom. The number of halogens is 2. The van der Waals surface area contributed by atoms with Crippen LogP contribution in [0.5, 0.6) is 11.5 Å². The van der Waals surface area contributed by atoms with Crippen LogP contribution in [0.3, 0.4) is 0 Å². The molecule has 0 amide bonds. The van der Waals surface area contributed by atoms with Gasteiger partial charge in [-0.2, -0.15) is 0 Å². The Hall–Kier alpha value is -2.19. The van der Waals surface area contributed by atoms with Gasteiger partial charge in [0.2, 0.25) is 5.75 Å². The second-order valence-corrected chi connectivity index (χ2v) is 4.86. The van der Waals surface area contributed by atoms with Gasteiger partial charge in [0.05, 0.1) is 16.0 Å². The van der Waals surface area contributed by atoms with Crippen molar-refractivity contribution in [1.82, 2.24) is 0 Å². The summed E-state index contributed by atoms with van der Waals surface area (Å²) in [4.78, 5) is 20.7. The summed E-state index contributed by atoms with van der Waals surface area (Å²) in [5, 5.41) is 20.6. The van der Waals surface area contributed by atoms with Crippen molar-refractivity contribution in [1.29, 1.82) is 0 Å². The van der Waals surface area contributed by atoms with Crippen LogP contribution in [0.15, 0.2) is 23.6 Å². The summed E-state index contributed by atoms with van der Waals surface area (Å²) in [6.45, 7) is 0. The van der Waals surface area contributed by atoms with Crippen LogP contribution >= 0.6 is 22.9 Å². The Morgan fingerprint density at radius 3 is 2.70 bits per heavy atom. The number of carboxylic acid groups (broad SMARTS) is 1. The molecule has 1 aromatic heterocycles. The number of nitro groups is 1. The van der Waals surface area contributed by atoms with E-state index >= 15 is 0 Å². The van der Waals surface area contributed by atoms with Gasteiger partial charge in [-0.3, -0.25) is 10.1 Å². The van der Waals surface area contributed by atoms with Crippen molar-refractivity contribution in [2.45, 2.75) is 0 Å². The third kappa shape index (κ3) is 2.86. The number of benzene rings is 1. The summed E-state index contributed by atoms with van der Waals surface area (Å²) < 4.78 is 18.4. The molecule has 0 radical (unpaired) electrons. The number of nitro benzene ring substituents is 1. The molecule has 1 aromatic carbocycles. The first-order valence-electron chi connectivity index (χ1n) is 5.01. The summed E-state index contributed by atoms with van der Waals surface area (Å²) in [5.74, 6) is -2.26. The molecule has 20 heavy (non-hydrogen) atoms. The average Bonchev–Trinajstić information content (AvgIpc) is 2.82. The minimum Gasteiger partial charge on any atom is -0.477 e. The van der Waals surface area contributed by atoms with Gasteiger partial charge in [0, 0.05) is 17.5 Å². The smallest absolute Gasteiger partial charge is 0.346 e. The van der Waals surface area contributed by atoms with Crippen LogP contribution in [0.1, 0.15) is 9.67 Å². The molecule has 2 rings (SSSR count). The molecule has 0 saturated heterocycles. The van der Waals surface area contributed by atoms with Gasteiger partial charge in [-0.15, -0.1) is 11.3 Å². The quantitative estimate of drug-likeness (QED) is 0.681. The molecule has 0 bridgehead atoms. The average molecular weight is 318 g/mol. The predicted octanol–water partition coefficient (Wildman–Crippen LogP) is 3.94. The van der Waals surface area contributed by atoms with Gasteiger partial charge in [-0.05, 0) is 0 Å². The summed E-state index contributed by atoms with van der Waals surface area (Å²) in [6.07, 6.45) is 0. The number of hydrogen-bond acceptors (Lipinski definition) is 5. The van der Waals surface area contributed by atoms with E-state index in [0.29, 0.717) is 6.07 Å². The number of thiophene rings is 1. The highest BCUT2D eigenvalue weighted by Gasteiger charge is 2.20. The Morgan fingerprint density at radius 1 is 1.45 bits per heavy atom. The number of carboxylic acids is 1. The van der Waals surface area contributed by atoms with Crippen LogP contribution in [0.4, 0.5) is 10.1 Å². The third-order valence-corrected chi connectivity index (χ3v) is 3.40. The monoisotopic (exact) mass is 317 g/mol. The molecule has 0 spiro atoms. The molecule has 0 unspecified atom stereocenters. The molecule has 1 N–H and O–H groups in total. The molecule has 0 fully saturated rings. The van der Waals surface area contributed by atoms with E-state index in [0.717, 1.165) is 17.4 Å². The van der Waals surface area contributed by atoms with Crippen molar-refractivity contribution in [3.05, 3.63) is 49.4 Å². The largest absolute Gasteiger partial charge is 0.477 e. The highest BCUT2D eigenvalue weighted by Crippen LogP contribution is 2.36. The molecule has 0 aliphatic heterocycles. The van der Waals surface area contributed by atoms with E-state index in [1.165, 1.54) is 11.4 Å². The molecule has 2 aromatic rings. The van der Waals surface area contributed by atoms with Gasteiger partial charge >= 0.3 is 11.7 Å². The summed E-state index contributed by atoms with van der Waals surface area (Å²) in [6, 6.07) is 2.81. The third-order valence-electron chi connectivity index (χ3n) is 2.21. The van der Waals surface area contributed by atoms with Crippen molar-refractivity contribution in [2.75, 3.05) is 0 Å². The van der Waals surface area contributed by atoms with Gasteiger partial charge in [-0.1, -0.05) is 11.6 Å². The molecular formula is C11H5ClFNO5S. The summed E-state index contributed by atoms with van der Waals surface area (Å²) in [7, 11) is 0. The predicted molar refractivity (Wildman–Crippen MR) is 69.4 cm³/mol. The van der Waals surface area contributed by atoms with Crippen LogP contribution in [0, 0.1) is 15.9 Å². The lowest BCUT2D eigenvalue weighted by Crippen LogP contribution is -1.95. The van der Waals surface area contributed by atoms with Crippen molar-refractivity contribution in [3.8, 4) is 11.5 Å². The molecule has 104 valence electrons. The number of carbonyl (C=O) groups is 1. The minimum absolute atomic E-state index is 0.0101. The maximum absolute atomic E-state index is 13.2. The van der Waals surface area contributed by atoms with E-state index in [2.05, 4.69) is 0 Å². The van der Waals surface area contributed by atoms with Crippen molar-refractivity contribution in [3.63, 3.8) is 0 Å². The summed E-state index contributed by atoms with van der Waals surface area (Å²) >= 11 is 6.44. The maximum atomic E-state index is 13.2. The standard InChI is InChI=1S/C11H5ClFNO5S/c12-6-2-9(8(14(17)18)3-7(6)13)19-5-1-10(11(15)16)20-4-5/h1-4H,(H,15,16). The van der Waals surface area contributed by atoms with Crippen LogP contribution < -0.4 is 4.74 Å². The zero-order valence-corrected chi connectivity index (χ0v) is 11.1. The highest BCUT2D eigenvalue weighted by molar-refractivity contribution is 7.12. The number of aromatic carboxylic acids is 1. The van der Waals surface area contributed by atoms with Gasteiger partial charge in [0.25, 0.3) is 0 Å². The lowest BCUT2D eigenvalue weighted by atomic mass is 10.3. The zero-order valence-electron chi connectivity index (χ0n) is 9.50. The first kappa shape index (κ1) is 14.2. The minimum atomic E-state index is -1.14. The summed E-state index contributed by atoms with van der Waals surface area (Å²) in [5.41, 5.74) is -0.602. The Balaban J connectivity index is 2.39. The van der Waals surface area contributed by atoms with E-state index in [1.54, 1.807) is 0 Å². The fraction of sp³-hybridized carbons (Fsp3) is 0. The van der Waals surface area contributed by atoms with Gasteiger partial charge in [0.15, 0.2) is 0 Å². The molecule has 9 heteroatoms. The molecule has 0 saturated carbocycles.